The summed E-state index contributed by atoms with van der Waals surface area (Å²) in [6, 6.07) is 28.5. The van der Waals surface area contributed by atoms with E-state index in [9.17, 15) is 18.3 Å². The summed E-state index contributed by atoms with van der Waals surface area (Å²) < 4.78 is 25.8. The second-order valence-electron chi connectivity index (χ2n) is 8.01. The number of aliphatic hydroxyl groups is 1. The molecule has 33 heavy (non-hydrogen) atoms. The summed E-state index contributed by atoms with van der Waals surface area (Å²) in [5, 5.41) is 14.3. The fourth-order valence-electron chi connectivity index (χ4n) is 3.74. The van der Waals surface area contributed by atoms with E-state index in [0.717, 1.165) is 16.3 Å². The largest absolute Gasteiger partial charge is 0.394 e. The third-order valence-corrected chi connectivity index (χ3v) is 7.22. The molecule has 0 bridgehead atoms. The zero-order chi connectivity index (χ0) is 23.3. The van der Waals surface area contributed by atoms with Crippen LogP contribution in [0.25, 0.3) is 10.8 Å². The van der Waals surface area contributed by atoms with E-state index in [0.29, 0.717) is 17.5 Å². The number of benzene rings is 4. The number of carbonyl (C=O) groups excluding carboxylic acids is 1. The molecular formula is C27H25NO4S. The molecule has 1 atom stereocenters. The molecule has 0 aliphatic rings. The van der Waals surface area contributed by atoms with E-state index in [1.54, 1.807) is 36.4 Å². The summed E-state index contributed by atoms with van der Waals surface area (Å²) >= 11 is 0. The number of sulfone groups is 1. The van der Waals surface area contributed by atoms with Crippen LogP contribution in [0.2, 0.25) is 0 Å². The average molecular weight is 460 g/mol. The summed E-state index contributed by atoms with van der Waals surface area (Å²) in [5.41, 5.74) is 2.03. The number of rotatable bonds is 8. The molecular weight excluding hydrogens is 434 g/mol. The predicted molar refractivity (Wildman–Crippen MR) is 130 cm³/mol. The van der Waals surface area contributed by atoms with Gasteiger partial charge in [0.15, 0.2) is 9.84 Å². The summed E-state index contributed by atoms with van der Waals surface area (Å²) in [6.45, 7) is -0.178. The first-order chi connectivity index (χ1) is 15.9. The van der Waals surface area contributed by atoms with Gasteiger partial charge < -0.3 is 10.4 Å². The minimum atomic E-state index is -3.53. The van der Waals surface area contributed by atoms with Crippen LogP contribution in [0.5, 0.6) is 0 Å². The Morgan fingerprint density at radius 2 is 1.45 bits per heavy atom. The first-order valence-electron chi connectivity index (χ1n) is 10.7. The van der Waals surface area contributed by atoms with E-state index in [4.69, 9.17) is 0 Å². The van der Waals surface area contributed by atoms with Crippen molar-refractivity contribution in [2.24, 2.45) is 0 Å². The van der Waals surface area contributed by atoms with Crippen molar-refractivity contribution in [2.75, 3.05) is 6.61 Å². The molecule has 4 rings (SSSR count). The van der Waals surface area contributed by atoms with Crippen LogP contribution in [0.15, 0.2) is 102 Å². The third kappa shape index (κ3) is 5.66. The Morgan fingerprint density at radius 3 is 2.15 bits per heavy atom. The van der Waals surface area contributed by atoms with E-state index < -0.39 is 15.9 Å². The van der Waals surface area contributed by atoms with Crippen molar-refractivity contribution in [1.29, 1.82) is 0 Å². The van der Waals surface area contributed by atoms with Gasteiger partial charge in [0.25, 0.3) is 5.91 Å². The lowest BCUT2D eigenvalue weighted by Crippen LogP contribution is -2.39. The molecule has 0 saturated heterocycles. The monoisotopic (exact) mass is 459 g/mol. The number of amides is 1. The average Bonchev–Trinajstić information content (AvgIpc) is 2.84. The molecule has 0 heterocycles. The van der Waals surface area contributed by atoms with Gasteiger partial charge in [-0.05, 0) is 52.6 Å². The molecule has 4 aromatic rings. The van der Waals surface area contributed by atoms with Gasteiger partial charge >= 0.3 is 0 Å². The van der Waals surface area contributed by atoms with Crippen LogP contribution >= 0.6 is 0 Å². The maximum Gasteiger partial charge on any atom is 0.251 e. The predicted octanol–water partition coefficient (Wildman–Crippen LogP) is 4.15. The third-order valence-electron chi connectivity index (χ3n) is 5.53. The first kappa shape index (κ1) is 22.7. The fourth-order valence-corrected chi connectivity index (χ4v) is 5.12. The van der Waals surface area contributed by atoms with Gasteiger partial charge in [0.1, 0.15) is 0 Å². The molecule has 5 nitrogen and oxygen atoms in total. The van der Waals surface area contributed by atoms with Crippen LogP contribution in [-0.4, -0.2) is 32.1 Å². The summed E-state index contributed by atoms with van der Waals surface area (Å²) in [4.78, 5) is 12.9. The van der Waals surface area contributed by atoms with Crippen LogP contribution in [-0.2, 0) is 22.0 Å². The van der Waals surface area contributed by atoms with Crippen LogP contribution in [0, 0.1) is 0 Å². The van der Waals surface area contributed by atoms with Crippen molar-refractivity contribution in [3.05, 3.63) is 114 Å². The molecule has 4 aromatic carbocycles. The van der Waals surface area contributed by atoms with Crippen molar-refractivity contribution >= 4 is 26.5 Å². The molecule has 1 unspecified atom stereocenters. The Balaban J connectivity index is 1.43. The summed E-state index contributed by atoms with van der Waals surface area (Å²) in [7, 11) is -3.53. The van der Waals surface area contributed by atoms with E-state index in [1.807, 2.05) is 60.7 Å². The van der Waals surface area contributed by atoms with Gasteiger partial charge in [0, 0.05) is 5.56 Å². The lowest BCUT2D eigenvalue weighted by atomic mass is 10.1. The molecule has 1 amide bonds. The minimum Gasteiger partial charge on any atom is -0.394 e. The topological polar surface area (TPSA) is 83.5 Å². The summed E-state index contributed by atoms with van der Waals surface area (Å²) in [6.07, 6.45) is 0.519. The van der Waals surface area contributed by atoms with Gasteiger partial charge in [0.05, 0.1) is 23.3 Å². The van der Waals surface area contributed by atoms with Gasteiger partial charge in [-0.2, -0.15) is 0 Å². The van der Waals surface area contributed by atoms with Gasteiger partial charge in [0.2, 0.25) is 0 Å². The zero-order valence-corrected chi connectivity index (χ0v) is 18.8. The maximum atomic E-state index is 12.9. The molecule has 0 fully saturated rings. The van der Waals surface area contributed by atoms with Gasteiger partial charge in [-0.3, -0.25) is 4.79 Å². The number of fused-ring (bicyclic) bond motifs is 1. The van der Waals surface area contributed by atoms with Gasteiger partial charge in [-0.15, -0.1) is 0 Å². The maximum absolute atomic E-state index is 12.9. The highest BCUT2D eigenvalue weighted by molar-refractivity contribution is 7.90. The Hall–Kier alpha value is -3.48. The van der Waals surface area contributed by atoms with E-state index >= 15 is 0 Å². The van der Waals surface area contributed by atoms with Crippen molar-refractivity contribution in [1.82, 2.24) is 5.32 Å². The highest BCUT2D eigenvalue weighted by atomic mass is 32.2. The Labute approximate surface area is 193 Å². The second kappa shape index (κ2) is 9.98. The SMILES string of the molecule is O=C(NC(CO)Cc1ccccc1)c1ccc(CS(=O)(=O)c2ccc3ccccc3c2)cc1. The molecule has 6 heteroatoms. The van der Waals surface area contributed by atoms with E-state index in [-0.39, 0.29) is 23.2 Å². The van der Waals surface area contributed by atoms with Crippen LogP contribution < -0.4 is 5.32 Å². The molecule has 2 N–H and O–H groups in total. The fraction of sp³-hybridized carbons (Fsp3) is 0.148. The van der Waals surface area contributed by atoms with Crippen molar-refractivity contribution in [3.63, 3.8) is 0 Å². The summed E-state index contributed by atoms with van der Waals surface area (Å²) in [5.74, 6) is -0.463. The number of nitrogens with one attached hydrogen (secondary N) is 1. The minimum absolute atomic E-state index is 0.152. The van der Waals surface area contributed by atoms with E-state index in [2.05, 4.69) is 5.32 Å². The van der Waals surface area contributed by atoms with Crippen molar-refractivity contribution in [3.8, 4) is 0 Å². The van der Waals surface area contributed by atoms with Crippen molar-refractivity contribution < 1.29 is 18.3 Å². The number of carbonyl (C=O) groups is 1. The lowest BCUT2D eigenvalue weighted by Gasteiger charge is -2.16. The standard InChI is InChI=1S/C27H25NO4S/c29-18-25(16-20-6-2-1-3-7-20)28-27(30)23-12-10-21(11-13-23)19-33(31,32)26-15-14-22-8-4-5-9-24(22)17-26/h1-15,17,25,29H,16,18-19H2,(H,28,30). The Morgan fingerprint density at radius 1 is 0.788 bits per heavy atom. The van der Waals surface area contributed by atoms with Gasteiger partial charge in [-0.1, -0.05) is 72.8 Å². The van der Waals surface area contributed by atoms with Gasteiger partial charge in [-0.25, -0.2) is 8.42 Å². The number of hydrogen-bond acceptors (Lipinski definition) is 4. The zero-order valence-electron chi connectivity index (χ0n) is 18.0. The van der Waals surface area contributed by atoms with Crippen molar-refractivity contribution in [2.45, 2.75) is 23.1 Å². The highest BCUT2D eigenvalue weighted by Gasteiger charge is 2.17. The van der Waals surface area contributed by atoms with Crippen LogP contribution in [0.1, 0.15) is 21.5 Å². The Kier molecular flexibility index (Phi) is 6.87. The Bertz CT molecular complexity index is 1350. The van der Waals surface area contributed by atoms with Crippen LogP contribution in [0.4, 0.5) is 0 Å². The number of aliphatic hydroxyl groups excluding tert-OH is 1. The molecule has 0 aliphatic heterocycles. The molecule has 168 valence electrons. The van der Waals surface area contributed by atoms with Crippen LogP contribution in [0.3, 0.4) is 0 Å². The molecule has 0 aliphatic carbocycles. The molecule has 0 saturated carbocycles. The molecule has 0 aromatic heterocycles. The highest BCUT2D eigenvalue weighted by Crippen LogP contribution is 2.22. The molecule has 0 spiro atoms. The second-order valence-corrected chi connectivity index (χ2v) is 10.00. The smallest absolute Gasteiger partial charge is 0.251 e. The first-order valence-corrected chi connectivity index (χ1v) is 12.4. The lowest BCUT2D eigenvalue weighted by molar-refractivity contribution is 0.0916. The van der Waals surface area contributed by atoms with E-state index in [1.165, 1.54) is 0 Å². The molecule has 0 radical (unpaired) electrons. The quantitative estimate of drug-likeness (QED) is 0.415. The number of hydrogen-bond donors (Lipinski definition) is 2. The normalized spacial score (nSPS) is 12.4.